The molecule has 7 heteroatoms. The number of benzene rings is 1. The van der Waals surface area contributed by atoms with Gasteiger partial charge in [0.2, 0.25) is 0 Å². The largest absolute Gasteiger partial charge is 0.492 e. The number of hydrogen-bond acceptors (Lipinski definition) is 3. The van der Waals surface area contributed by atoms with E-state index in [1.165, 1.54) is 0 Å². The minimum absolute atomic E-state index is 0.0448. The van der Waals surface area contributed by atoms with Gasteiger partial charge in [-0.3, -0.25) is 4.21 Å². The molecule has 2 N–H and O–H groups in total. The maximum atomic E-state index is 12.0. The Labute approximate surface area is 136 Å². The molecule has 0 saturated carbocycles. The smallest absolute Gasteiger partial charge is 0.319 e. The molecule has 0 bridgehead atoms. The highest BCUT2D eigenvalue weighted by Gasteiger charge is 2.11. The molecule has 1 rings (SSSR count). The fourth-order valence-corrected chi connectivity index (χ4v) is 2.72. The van der Waals surface area contributed by atoms with Gasteiger partial charge in [0.1, 0.15) is 5.75 Å². The molecule has 0 fully saturated rings. The van der Waals surface area contributed by atoms with Crippen molar-refractivity contribution in [2.75, 3.05) is 23.9 Å². The van der Waals surface area contributed by atoms with Gasteiger partial charge in [-0.05, 0) is 38.5 Å². The highest BCUT2D eigenvalue weighted by atomic mass is 79.9. The van der Waals surface area contributed by atoms with Gasteiger partial charge in [0.05, 0.1) is 12.3 Å². The predicted octanol–water partition coefficient (Wildman–Crippen LogP) is 3.13. The average molecular weight is 377 g/mol. The van der Waals surface area contributed by atoms with E-state index in [2.05, 4.69) is 26.6 Å². The second-order valence-electron chi connectivity index (χ2n) is 4.64. The van der Waals surface area contributed by atoms with E-state index in [9.17, 15) is 9.00 Å². The number of hydrogen-bond donors (Lipinski definition) is 2. The third kappa shape index (κ3) is 6.95. The standard InChI is InChI=1S/C14H21BrN2O3S/c1-4-20-13-6-5-11(15)9-12(13)17-14(18)16-10(2)7-8-21(3)19/h5-6,9-10H,4,7-8H2,1-3H3,(H2,16,17,18)/t10-,21+/m1/s1. The lowest BCUT2D eigenvalue weighted by Crippen LogP contribution is -2.36. The lowest BCUT2D eigenvalue weighted by atomic mass is 10.2. The Balaban J connectivity index is 2.61. The number of halogens is 1. The number of carbonyl (C=O) groups is 1. The van der Waals surface area contributed by atoms with Gasteiger partial charge < -0.3 is 15.4 Å². The molecule has 2 amide bonds. The van der Waals surface area contributed by atoms with E-state index in [1.54, 1.807) is 18.4 Å². The second-order valence-corrected chi connectivity index (χ2v) is 7.11. The van der Waals surface area contributed by atoms with Crippen molar-refractivity contribution in [3.05, 3.63) is 22.7 Å². The van der Waals surface area contributed by atoms with Crippen molar-refractivity contribution in [1.82, 2.24) is 5.32 Å². The summed E-state index contributed by atoms with van der Waals surface area (Å²) in [5.41, 5.74) is 0.606. The lowest BCUT2D eigenvalue weighted by Gasteiger charge is -2.16. The summed E-state index contributed by atoms with van der Waals surface area (Å²) in [6, 6.07) is 5.09. The van der Waals surface area contributed by atoms with Gasteiger partial charge in [-0.15, -0.1) is 0 Å². The highest BCUT2D eigenvalue weighted by molar-refractivity contribution is 9.10. The average Bonchev–Trinajstić information content (AvgIpc) is 2.39. The Kier molecular flexibility index (Phi) is 7.74. The first-order valence-electron chi connectivity index (χ1n) is 6.72. The third-order valence-electron chi connectivity index (χ3n) is 2.71. The Bertz CT molecular complexity index is 511. The first-order valence-corrected chi connectivity index (χ1v) is 9.24. The van der Waals surface area contributed by atoms with Gasteiger partial charge in [-0.25, -0.2) is 4.79 Å². The summed E-state index contributed by atoms with van der Waals surface area (Å²) in [7, 11) is -0.846. The van der Waals surface area contributed by atoms with Crippen LogP contribution >= 0.6 is 15.9 Å². The molecule has 0 aliphatic carbocycles. The third-order valence-corrected chi connectivity index (χ3v) is 4.01. The van der Waals surface area contributed by atoms with E-state index < -0.39 is 10.8 Å². The van der Waals surface area contributed by atoms with Crippen molar-refractivity contribution in [1.29, 1.82) is 0 Å². The van der Waals surface area contributed by atoms with E-state index in [4.69, 9.17) is 4.74 Å². The van der Waals surface area contributed by atoms with E-state index >= 15 is 0 Å². The van der Waals surface area contributed by atoms with E-state index in [0.717, 1.165) is 4.47 Å². The molecule has 1 aromatic carbocycles. The van der Waals surface area contributed by atoms with Gasteiger partial charge in [0.25, 0.3) is 0 Å². The Morgan fingerprint density at radius 2 is 2.19 bits per heavy atom. The van der Waals surface area contributed by atoms with Gasteiger partial charge in [-0.1, -0.05) is 15.9 Å². The SMILES string of the molecule is CCOc1ccc(Br)cc1NC(=O)N[C@H](C)CC[S@](C)=O. The van der Waals surface area contributed by atoms with Crippen LogP contribution in [0.4, 0.5) is 10.5 Å². The second kappa shape index (κ2) is 9.04. The topological polar surface area (TPSA) is 67.4 Å². The number of nitrogens with one attached hydrogen (secondary N) is 2. The molecule has 118 valence electrons. The molecule has 0 aliphatic rings. The molecular formula is C14H21BrN2O3S. The first kappa shape index (κ1) is 18.0. The van der Waals surface area contributed by atoms with Crippen LogP contribution in [0.5, 0.6) is 5.75 Å². The van der Waals surface area contributed by atoms with Crippen molar-refractivity contribution < 1.29 is 13.7 Å². The Morgan fingerprint density at radius 1 is 1.48 bits per heavy atom. The van der Waals surface area contributed by atoms with Gasteiger partial charge in [0.15, 0.2) is 0 Å². The number of ether oxygens (including phenoxy) is 1. The monoisotopic (exact) mass is 376 g/mol. The van der Waals surface area contributed by atoms with Gasteiger partial charge >= 0.3 is 6.03 Å². The summed E-state index contributed by atoms with van der Waals surface area (Å²) in [5.74, 6) is 1.20. The molecule has 0 aromatic heterocycles. The number of anilines is 1. The van der Waals surface area contributed by atoms with Crippen LogP contribution in [0.3, 0.4) is 0 Å². The van der Waals surface area contributed by atoms with E-state index in [0.29, 0.717) is 30.2 Å². The van der Waals surface area contributed by atoms with Crippen molar-refractivity contribution in [2.24, 2.45) is 0 Å². The zero-order valence-corrected chi connectivity index (χ0v) is 14.8. The van der Waals surface area contributed by atoms with Crippen molar-refractivity contribution in [2.45, 2.75) is 26.3 Å². The maximum Gasteiger partial charge on any atom is 0.319 e. The van der Waals surface area contributed by atoms with E-state index in [-0.39, 0.29) is 12.1 Å². The highest BCUT2D eigenvalue weighted by Crippen LogP contribution is 2.28. The Morgan fingerprint density at radius 3 is 2.81 bits per heavy atom. The van der Waals surface area contributed by atoms with Crippen molar-refractivity contribution >= 4 is 38.4 Å². The number of carbonyl (C=O) groups excluding carboxylic acids is 1. The van der Waals surface area contributed by atoms with Crippen LogP contribution in [-0.4, -0.2) is 34.9 Å². The maximum absolute atomic E-state index is 12.0. The molecular weight excluding hydrogens is 356 g/mol. The normalized spacial score (nSPS) is 13.3. The summed E-state index contributed by atoms with van der Waals surface area (Å²) >= 11 is 3.37. The minimum atomic E-state index is -0.846. The molecule has 0 aliphatic heterocycles. The molecule has 2 atom stereocenters. The molecule has 0 heterocycles. The van der Waals surface area contributed by atoms with E-state index in [1.807, 2.05) is 19.9 Å². The molecule has 0 saturated heterocycles. The summed E-state index contributed by atoms with van der Waals surface area (Å²) in [6.45, 7) is 4.30. The van der Waals surface area contributed by atoms with Crippen LogP contribution in [0.15, 0.2) is 22.7 Å². The number of rotatable bonds is 7. The van der Waals surface area contributed by atoms with Crippen molar-refractivity contribution in [3.8, 4) is 5.75 Å². The predicted molar refractivity (Wildman–Crippen MR) is 90.5 cm³/mol. The summed E-state index contributed by atoms with van der Waals surface area (Å²) < 4.78 is 17.4. The van der Waals surface area contributed by atoms with Crippen LogP contribution < -0.4 is 15.4 Å². The van der Waals surface area contributed by atoms with Crippen molar-refractivity contribution in [3.63, 3.8) is 0 Å². The number of urea groups is 1. The van der Waals surface area contributed by atoms with Crippen LogP contribution in [0.25, 0.3) is 0 Å². The quantitative estimate of drug-likeness (QED) is 0.767. The fourth-order valence-electron chi connectivity index (χ4n) is 1.68. The Hall–Kier alpha value is -1.08. The zero-order valence-electron chi connectivity index (χ0n) is 12.4. The minimum Gasteiger partial charge on any atom is -0.492 e. The van der Waals surface area contributed by atoms with Crippen LogP contribution in [0.2, 0.25) is 0 Å². The van der Waals surface area contributed by atoms with Crippen LogP contribution in [-0.2, 0) is 10.8 Å². The fraction of sp³-hybridized carbons (Fsp3) is 0.500. The molecule has 1 aromatic rings. The molecule has 0 spiro atoms. The van der Waals surface area contributed by atoms with Crippen LogP contribution in [0, 0.1) is 0 Å². The molecule has 0 radical (unpaired) electrons. The van der Waals surface area contributed by atoms with Crippen LogP contribution in [0.1, 0.15) is 20.3 Å². The summed E-state index contributed by atoms with van der Waals surface area (Å²) in [4.78, 5) is 12.0. The summed E-state index contributed by atoms with van der Waals surface area (Å²) in [6.07, 6.45) is 2.33. The molecule has 5 nitrogen and oxygen atoms in total. The molecule has 0 unspecified atom stereocenters. The number of amides is 2. The molecule has 21 heavy (non-hydrogen) atoms. The summed E-state index contributed by atoms with van der Waals surface area (Å²) in [5, 5.41) is 5.59. The van der Waals surface area contributed by atoms with Gasteiger partial charge in [0, 0.05) is 33.3 Å². The van der Waals surface area contributed by atoms with Gasteiger partial charge in [-0.2, -0.15) is 0 Å². The lowest BCUT2D eigenvalue weighted by molar-refractivity contribution is 0.248. The first-order chi connectivity index (χ1) is 9.92. The zero-order chi connectivity index (χ0) is 15.8.